The lowest BCUT2D eigenvalue weighted by atomic mass is 9.87. The first kappa shape index (κ1) is 20.2. The van der Waals surface area contributed by atoms with Gasteiger partial charge in [-0.25, -0.2) is 0 Å². The lowest BCUT2D eigenvalue weighted by molar-refractivity contribution is 0.0925. The third-order valence-corrected chi connectivity index (χ3v) is 7.23. The number of aromatic nitrogens is 1. The number of rotatable bonds is 4. The fourth-order valence-electron chi connectivity index (χ4n) is 4.31. The van der Waals surface area contributed by atoms with Crippen LogP contribution in [0.1, 0.15) is 46.1 Å². The largest absolute Gasteiger partial charge is 0.350 e. The van der Waals surface area contributed by atoms with Gasteiger partial charge in [0.25, 0.3) is 5.91 Å². The molecule has 0 fully saturated rings. The van der Waals surface area contributed by atoms with Crippen LogP contribution in [0.15, 0.2) is 76.5 Å². The summed E-state index contributed by atoms with van der Waals surface area (Å²) in [6, 6.07) is 22.5. The number of hydrogen-bond donors (Lipinski definition) is 2. The second-order valence-corrected chi connectivity index (χ2v) is 9.57. The monoisotopic (exact) mass is 446 g/mol. The molecule has 4 aromatic rings. The Bertz CT molecular complexity index is 1260. The zero-order valence-electron chi connectivity index (χ0n) is 17.2. The normalized spacial score (nSPS) is 15.6. The lowest BCUT2D eigenvalue weighted by Gasteiger charge is -2.26. The molecule has 2 N–H and O–H groups in total. The van der Waals surface area contributed by atoms with E-state index in [-0.39, 0.29) is 11.9 Å². The molecule has 0 saturated heterocycles. The van der Waals surface area contributed by atoms with Gasteiger partial charge in [-0.15, -0.1) is 0 Å². The van der Waals surface area contributed by atoms with Crippen LogP contribution in [0.5, 0.6) is 0 Å². The van der Waals surface area contributed by atoms with Crippen molar-refractivity contribution >= 4 is 40.2 Å². The number of fused-ring (bicyclic) bond motifs is 2. The average Bonchev–Trinajstić information content (AvgIpc) is 3.13. The quantitative estimate of drug-likeness (QED) is 0.351. The van der Waals surface area contributed by atoms with E-state index in [1.807, 2.05) is 24.3 Å². The predicted octanol–water partition coefficient (Wildman–Crippen LogP) is 7.09. The summed E-state index contributed by atoms with van der Waals surface area (Å²) in [4.78, 5) is 18.8. The van der Waals surface area contributed by atoms with Crippen molar-refractivity contribution in [3.63, 3.8) is 0 Å². The molecule has 0 spiro atoms. The Labute approximate surface area is 191 Å². The Kier molecular flexibility index (Phi) is 5.51. The van der Waals surface area contributed by atoms with Crippen molar-refractivity contribution in [1.29, 1.82) is 0 Å². The van der Waals surface area contributed by atoms with Gasteiger partial charge in [0.05, 0.1) is 10.9 Å². The molecule has 1 aromatic heterocycles. The summed E-state index contributed by atoms with van der Waals surface area (Å²) in [5, 5.41) is 5.05. The van der Waals surface area contributed by atoms with Crippen molar-refractivity contribution < 1.29 is 4.79 Å². The fourth-order valence-corrected chi connectivity index (χ4v) is 5.47. The smallest absolute Gasteiger partial charge is 0.269 e. The van der Waals surface area contributed by atoms with Crippen molar-refractivity contribution in [2.75, 3.05) is 0 Å². The highest BCUT2D eigenvalue weighted by atomic mass is 35.5. The molecular formula is C26H23ClN2OS. The van der Waals surface area contributed by atoms with E-state index in [1.54, 1.807) is 11.8 Å². The predicted molar refractivity (Wildman–Crippen MR) is 128 cm³/mol. The van der Waals surface area contributed by atoms with E-state index in [9.17, 15) is 4.79 Å². The number of nitrogens with one attached hydrogen (secondary N) is 2. The Hall–Kier alpha value is -2.69. The minimum Gasteiger partial charge on any atom is -0.350 e. The molecule has 3 aromatic carbocycles. The number of halogens is 1. The molecule has 1 atom stereocenters. The Morgan fingerprint density at radius 3 is 2.74 bits per heavy atom. The third kappa shape index (κ3) is 4.10. The van der Waals surface area contributed by atoms with Crippen LogP contribution >= 0.6 is 23.4 Å². The van der Waals surface area contributed by atoms with Gasteiger partial charge in [-0.05, 0) is 73.2 Å². The Balaban J connectivity index is 1.51. The molecule has 156 valence electrons. The van der Waals surface area contributed by atoms with Gasteiger partial charge in [0, 0.05) is 20.8 Å². The molecule has 1 unspecified atom stereocenters. The van der Waals surface area contributed by atoms with Gasteiger partial charge in [0.1, 0.15) is 5.69 Å². The molecule has 1 aliphatic rings. The zero-order chi connectivity index (χ0) is 21.4. The van der Waals surface area contributed by atoms with Gasteiger partial charge in [-0.1, -0.05) is 59.8 Å². The zero-order valence-corrected chi connectivity index (χ0v) is 18.8. The Morgan fingerprint density at radius 2 is 1.90 bits per heavy atom. The molecule has 0 saturated carbocycles. The summed E-state index contributed by atoms with van der Waals surface area (Å²) in [5.74, 6) is -0.0629. The maximum Gasteiger partial charge on any atom is 0.269 e. The van der Waals surface area contributed by atoms with Crippen LogP contribution in [0, 0.1) is 6.92 Å². The average molecular weight is 447 g/mol. The molecule has 0 bridgehead atoms. The van der Waals surface area contributed by atoms with Crippen LogP contribution in [0.25, 0.3) is 10.9 Å². The Morgan fingerprint density at radius 1 is 1.10 bits per heavy atom. The third-order valence-electron chi connectivity index (χ3n) is 5.84. The fraction of sp³-hybridized carbons (Fsp3) is 0.192. The summed E-state index contributed by atoms with van der Waals surface area (Å²) in [6.07, 6.45) is 3.12. The number of carbonyl (C=O) groups is 1. The van der Waals surface area contributed by atoms with Crippen molar-refractivity contribution in [1.82, 2.24) is 10.3 Å². The maximum atomic E-state index is 13.5. The highest BCUT2D eigenvalue weighted by Gasteiger charge is 2.25. The molecule has 0 radical (unpaired) electrons. The van der Waals surface area contributed by atoms with Crippen LogP contribution in [0.2, 0.25) is 5.02 Å². The van der Waals surface area contributed by atoms with E-state index in [2.05, 4.69) is 59.7 Å². The first-order valence-corrected chi connectivity index (χ1v) is 11.7. The van der Waals surface area contributed by atoms with Gasteiger partial charge in [-0.3, -0.25) is 4.79 Å². The molecule has 1 heterocycles. The van der Waals surface area contributed by atoms with E-state index in [1.165, 1.54) is 11.1 Å². The number of aryl methyl sites for hydroxylation is 2. The van der Waals surface area contributed by atoms with E-state index < -0.39 is 0 Å². The van der Waals surface area contributed by atoms with E-state index in [0.29, 0.717) is 10.7 Å². The minimum atomic E-state index is -0.0629. The number of benzene rings is 3. The second-order valence-electron chi connectivity index (χ2n) is 8.05. The first-order chi connectivity index (χ1) is 15.1. The van der Waals surface area contributed by atoms with E-state index in [4.69, 9.17) is 11.6 Å². The van der Waals surface area contributed by atoms with E-state index >= 15 is 0 Å². The number of H-pyrrole nitrogens is 1. The van der Waals surface area contributed by atoms with Crippen LogP contribution in [-0.2, 0) is 6.42 Å². The summed E-state index contributed by atoms with van der Waals surface area (Å²) in [7, 11) is 0. The van der Waals surface area contributed by atoms with Crippen molar-refractivity contribution in [2.24, 2.45) is 0 Å². The maximum absolute atomic E-state index is 13.5. The standard InChI is InChI=1S/C26H23ClN2OS/c1-16-9-14-21-23(15-16)28-24(25(21)31-19-12-10-18(27)11-13-19)26(30)29-22-8-4-6-17-5-2-3-7-20(17)22/h2-3,5,7,9-15,22,28H,4,6,8H2,1H3,(H,29,30). The second kappa shape index (κ2) is 8.45. The van der Waals surface area contributed by atoms with Gasteiger partial charge < -0.3 is 10.3 Å². The van der Waals surface area contributed by atoms with Gasteiger partial charge in [-0.2, -0.15) is 0 Å². The topological polar surface area (TPSA) is 44.9 Å². The molecule has 5 rings (SSSR count). The lowest BCUT2D eigenvalue weighted by Crippen LogP contribution is -2.31. The SMILES string of the molecule is Cc1ccc2c(Sc3ccc(Cl)cc3)c(C(=O)NC3CCCc4ccccc43)[nH]c2c1. The number of amides is 1. The van der Waals surface area contributed by atoms with E-state index in [0.717, 1.165) is 45.5 Å². The first-order valence-electron chi connectivity index (χ1n) is 10.5. The van der Waals surface area contributed by atoms with Gasteiger partial charge in [0.2, 0.25) is 0 Å². The number of hydrogen-bond acceptors (Lipinski definition) is 2. The molecule has 5 heteroatoms. The van der Waals surface area contributed by atoms with Crippen LogP contribution in [0.3, 0.4) is 0 Å². The number of carbonyl (C=O) groups excluding carboxylic acids is 1. The van der Waals surface area contributed by atoms with Crippen molar-refractivity contribution in [2.45, 2.75) is 42.0 Å². The molecule has 1 aliphatic carbocycles. The number of aromatic amines is 1. The molecular weight excluding hydrogens is 424 g/mol. The van der Waals surface area contributed by atoms with Crippen molar-refractivity contribution in [3.8, 4) is 0 Å². The highest BCUT2D eigenvalue weighted by Crippen LogP contribution is 2.38. The molecule has 31 heavy (non-hydrogen) atoms. The van der Waals surface area contributed by atoms with Crippen LogP contribution in [0.4, 0.5) is 0 Å². The summed E-state index contributed by atoms with van der Waals surface area (Å²) in [6.45, 7) is 2.06. The minimum absolute atomic E-state index is 0.0407. The summed E-state index contributed by atoms with van der Waals surface area (Å²) >= 11 is 7.65. The molecule has 3 nitrogen and oxygen atoms in total. The van der Waals surface area contributed by atoms with Crippen LogP contribution < -0.4 is 5.32 Å². The van der Waals surface area contributed by atoms with Gasteiger partial charge >= 0.3 is 0 Å². The van der Waals surface area contributed by atoms with Crippen LogP contribution in [-0.4, -0.2) is 10.9 Å². The van der Waals surface area contributed by atoms with Crippen molar-refractivity contribution in [3.05, 3.63) is 94.1 Å². The summed E-state index contributed by atoms with van der Waals surface area (Å²) in [5.41, 5.74) is 5.32. The molecule has 0 aliphatic heterocycles. The molecule has 1 amide bonds. The van der Waals surface area contributed by atoms with Gasteiger partial charge in [0.15, 0.2) is 0 Å². The highest BCUT2D eigenvalue weighted by molar-refractivity contribution is 7.99. The summed E-state index contributed by atoms with van der Waals surface area (Å²) < 4.78 is 0.